The van der Waals surface area contributed by atoms with Crippen LogP contribution < -0.4 is 10.2 Å². The van der Waals surface area contributed by atoms with E-state index in [1.165, 1.54) is 0 Å². The molecule has 1 amide bonds. The maximum Gasteiger partial charge on any atom is 0.412 e. The Morgan fingerprint density at radius 3 is 2.46 bits per heavy atom. The van der Waals surface area contributed by atoms with E-state index in [1.807, 2.05) is 42.5 Å². The summed E-state index contributed by atoms with van der Waals surface area (Å²) in [6.45, 7) is 3.46. The summed E-state index contributed by atoms with van der Waals surface area (Å²) in [6, 6.07) is 16.7. The zero-order valence-corrected chi connectivity index (χ0v) is 20.7. The molecule has 2 aliphatic rings. The van der Waals surface area contributed by atoms with E-state index >= 15 is 0 Å². The zero-order valence-electron chi connectivity index (χ0n) is 20.7. The van der Waals surface area contributed by atoms with Crippen molar-refractivity contribution < 1.29 is 28.3 Å². The normalized spacial score (nSPS) is 17.7. The first kappa shape index (κ1) is 24.8. The van der Waals surface area contributed by atoms with Gasteiger partial charge in [0.15, 0.2) is 5.76 Å². The third-order valence-corrected chi connectivity index (χ3v) is 7.68. The number of hydrogen-bond acceptors (Lipinski definition) is 6. The second-order valence-corrected chi connectivity index (χ2v) is 10.0. The SMILES string of the molecule is CC(OC(=O)Nc1c(F)noc1-c1ccc(N2CCC(C3(CC(=O)O)CC3)CC2)cc1)c1ccccc1. The van der Waals surface area contributed by atoms with E-state index in [0.29, 0.717) is 11.5 Å². The zero-order chi connectivity index (χ0) is 26.0. The highest BCUT2D eigenvalue weighted by Crippen LogP contribution is 2.57. The molecule has 1 saturated heterocycles. The van der Waals surface area contributed by atoms with Crippen LogP contribution in [-0.4, -0.2) is 35.4 Å². The van der Waals surface area contributed by atoms with Gasteiger partial charge in [0.05, 0.1) is 6.42 Å². The molecule has 8 nitrogen and oxygen atoms in total. The van der Waals surface area contributed by atoms with Crippen molar-refractivity contribution in [2.75, 3.05) is 23.3 Å². The third kappa shape index (κ3) is 5.45. The number of amides is 1. The molecule has 1 saturated carbocycles. The lowest BCUT2D eigenvalue weighted by atomic mass is 9.79. The van der Waals surface area contributed by atoms with Gasteiger partial charge in [0.1, 0.15) is 11.8 Å². The highest BCUT2D eigenvalue weighted by atomic mass is 19.1. The van der Waals surface area contributed by atoms with Gasteiger partial charge >= 0.3 is 12.1 Å². The lowest BCUT2D eigenvalue weighted by Gasteiger charge is -2.37. The first-order valence-electron chi connectivity index (χ1n) is 12.6. The van der Waals surface area contributed by atoms with Gasteiger partial charge < -0.3 is 19.3 Å². The van der Waals surface area contributed by atoms with Crippen molar-refractivity contribution in [2.24, 2.45) is 11.3 Å². The molecule has 5 rings (SSSR count). The molecule has 1 aromatic heterocycles. The molecule has 0 bridgehead atoms. The number of nitrogens with one attached hydrogen (secondary N) is 1. The Balaban J connectivity index is 1.21. The number of halogens is 1. The summed E-state index contributed by atoms with van der Waals surface area (Å²) in [7, 11) is 0. The number of piperidine rings is 1. The molecule has 0 radical (unpaired) electrons. The van der Waals surface area contributed by atoms with Crippen molar-refractivity contribution in [3.8, 4) is 11.3 Å². The molecule has 194 valence electrons. The van der Waals surface area contributed by atoms with Crippen LogP contribution in [0.2, 0.25) is 0 Å². The molecule has 2 N–H and O–H groups in total. The highest BCUT2D eigenvalue weighted by molar-refractivity contribution is 5.90. The van der Waals surface area contributed by atoms with Crippen molar-refractivity contribution in [3.63, 3.8) is 0 Å². The number of ether oxygens (including phenoxy) is 1. The summed E-state index contributed by atoms with van der Waals surface area (Å²) >= 11 is 0. The first-order chi connectivity index (χ1) is 17.8. The van der Waals surface area contributed by atoms with Crippen LogP contribution in [0.5, 0.6) is 0 Å². The van der Waals surface area contributed by atoms with Gasteiger partial charge in [0, 0.05) is 24.3 Å². The number of hydrogen-bond donors (Lipinski definition) is 2. The predicted octanol–water partition coefficient (Wildman–Crippen LogP) is 6.26. The fourth-order valence-corrected chi connectivity index (χ4v) is 5.43. The molecular weight excluding hydrogens is 477 g/mol. The highest BCUT2D eigenvalue weighted by Gasteiger charge is 2.50. The molecule has 0 spiro atoms. The summed E-state index contributed by atoms with van der Waals surface area (Å²) in [5, 5.41) is 15.1. The monoisotopic (exact) mass is 507 g/mol. The largest absolute Gasteiger partial charge is 0.481 e. The van der Waals surface area contributed by atoms with Crippen LogP contribution in [0.3, 0.4) is 0 Å². The quantitative estimate of drug-likeness (QED) is 0.371. The number of carboxylic acids is 1. The summed E-state index contributed by atoms with van der Waals surface area (Å²) < 4.78 is 25.0. The predicted molar refractivity (Wildman–Crippen MR) is 136 cm³/mol. The second kappa shape index (κ2) is 10.2. The van der Waals surface area contributed by atoms with Gasteiger partial charge in [-0.2, -0.15) is 4.39 Å². The van der Waals surface area contributed by atoms with E-state index in [4.69, 9.17) is 9.26 Å². The summed E-state index contributed by atoms with van der Waals surface area (Å²) in [6.07, 6.45) is 2.92. The van der Waals surface area contributed by atoms with Crippen molar-refractivity contribution in [1.29, 1.82) is 0 Å². The average molecular weight is 508 g/mol. The molecule has 2 fully saturated rings. The number of aromatic nitrogens is 1. The van der Waals surface area contributed by atoms with Gasteiger partial charge in [-0.3, -0.25) is 10.1 Å². The number of carboxylic acid groups (broad SMARTS) is 1. The smallest absolute Gasteiger partial charge is 0.412 e. The topological polar surface area (TPSA) is 105 Å². The number of rotatable bonds is 8. The Morgan fingerprint density at radius 2 is 1.84 bits per heavy atom. The van der Waals surface area contributed by atoms with Crippen LogP contribution >= 0.6 is 0 Å². The fraction of sp³-hybridized carbons (Fsp3) is 0.393. The van der Waals surface area contributed by atoms with Gasteiger partial charge in [-0.05, 0) is 78.9 Å². The fourth-order valence-electron chi connectivity index (χ4n) is 5.43. The second-order valence-electron chi connectivity index (χ2n) is 10.0. The Bertz CT molecular complexity index is 1250. The van der Waals surface area contributed by atoms with Crippen molar-refractivity contribution in [2.45, 2.75) is 45.1 Å². The number of carbonyl (C=O) groups excluding carboxylic acids is 1. The molecule has 1 unspecified atom stereocenters. The number of benzene rings is 2. The summed E-state index contributed by atoms with van der Waals surface area (Å²) in [4.78, 5) is 26.0. The molecule has 3 aromatic rings. The first-order valence-corrected chi connectivity index (χ1v) is 12.6. The molecule has 37 heavy (non-hydrogen) atoms. The Morgan fingerprint density at radius 1 is 1.16 bits per heavy atom. The number of anilines is 2. The molecular formula is C28H30FN3O5. The lowest BCUT2D eigenvalue weighted by molar-refractivity contribution is -0.139. The van der Waals surface area contributed by atoms with E-state index < -0.39 is 24.1 Å². The van der Waals surface area contributed by atoms with Gasteiger partial charge in [0.2, 0.25) is 0 Å². The Labute approximate surface area is 214 Å². The van der Waals surface area contributed by atoms with Crippen LogP contribution in [0.25, 0.3) is 11.3 Å². The minimum absolute atomic E-state index is 0.00157. The molecule has 2 aromatic carbocycles. The van der Waals surface area contributed by atoms with E-state index in [1.54, 1.807) is 19.1 Å². The van der Waals surface area contributed by atoms with E-state index in [9.17, 15) is 19.1 Å². The summed E-state index contributed by atoms with van der Waals surface area (Å²) in [5.41, 5.74) is 2.24. The van der Waals surface area contributed by atoms with Gasteiger partial charge in [-0.25, -0.2) is 4.79 Å². The Hall–Kier alpha value is -3.88. The lowest BCUT2D eigenvalue weighted by Crippen LogP contribution is -2.37. The van der Waals surface area contributed by atoms with Crippen molar-refractivity contribution in [1.82, 2.24) is 5.16 Å². The average Bonchev–Trinajstić information content (AvgIpc) is 3.59. The molecule has 1 aliphatic heterocycles. The maximum absolute atomic E-state index is 14.4. The van der Waals surface area contributed by atoms with E-state index in [-0.39, 0.29) is 23.3 Å². The standard InChI is InChI=1S/C28H30FN3O5/c1-18(19-5-3-2-4-6-19)36-27(35)30-24-25(37-31-26(24)29)20-7-9-22(10-8-20)32-15-11-21(12-16-32)28(13-14-28)17-23(33)34/h2-10,18,21H,11-17H2,1H3,(H,30,35)(H,33,34). The van der Waals surface area contributed by atoms with E-state index in [0.717, 1.165) is 50.0 Å². The van der Waals surface area contributed by atoms with Crippen molar-refractivity contribution in [3.05, 3.63) is 66.1 Å². The number of aliphatic carboxylic acids is 1. The van der Waals surface area contributed by atoms with Crippen LogP contribution in [-0.2, 0) is 9.53 Å². The van der Waals surface area contributed by atoms with Crippen molar-refractivity contribution >= 4 is 23.4 Å². The number of carbonyl (C=O) groups is 2. The summed E-state index contributed by atoms with van der Waals surface area (Å²) in [5.74, 6) is -1.07. The number of nitrogens with zero attached hydrogens (tertiary/aromatic N) is 2. The minimum atomic E-state index is -0.930. The molecule has 2 heterocycles. The van der Waals surface area contributed by atoms with Crippen LogP contribution in [0, 0.1) is 17.3 Å². The minimum Gasteiger partial charge on any atom is -0.481 e. The van der Waals surface area contributed by atoms with Crippen LogP contribution in [0.15, 0.2) is 59.1 Å². The molecule has 1 atom stereocenters. The van der Waals surface area contributed by atoms with Gasteiger partial charge in [-0.15, -0.1) is 0 Å². The third-order valence-electron chi connectivity index (χ3n) is 7.68. The maximum atomic E-state index is 14.4. The molecule has 1 aliphatic carbocycles. The van der Waals surface area contributed by atoms with Gasteiger partial charge in [0.25, 0.3) is 5.95 Å². The Kier molecular flexibility index (Phi) is 6.86. The van der Waals surface area contributed by atoms with Crippen LogP contribution in [0.4, 0.5) is 20.6 Å². The molecule has 9 heteroatoms. The van der Waals surface area contributed by atoms with E-state index in [2.05, 4.69) is 15.4 Å². The van der Waals surface area contributed by atoms with Crippen LogP contribution in [0.1, 0.15) is 50.7 Å². The van der Waals surface area contributed by atoms with Gasteiger partial charge in [-0.1, -0.05) is 30.3 Å².